The van der Waals surface area contributed by atoms with Crippen LogP contribution >= 0.6 is 0 Å². The van der Waals surface area contributed by atoms with E-state index < -0.39 is 0 Å². The maximum Gasteiger partial charge on any atom is 0.310 e. The molecule has 0 saturated heterocycles. The van der Waals surface area contributed by atoms with E-state index in [9.17, 15) is 4.79 Å². The van der Waals surface area contributed by atoms with Crippen molar-refractivity contribution >= 4 is 23.2 Å². The van der Waals surface area contributed by atoms with E-state index in [0.717, 1.165) is 16.7 Å². The second kappa shape index (κ2) is 6.48. The number of ether oxygens (including phenoxy) is 1. The number of allylic oxidation sites excluding steroid dienone is 2. The van der Waals surface area contributed by atoms with E-state index in [1.165, 1.54) is 34.9 Å². The van der Waals surface area contributed by atoms with Gasteiger partial charge in [0.1, 0.15) is 0 Å². The summed E-state index contributed by atoms with van der Waals surface area (Å²) in [5.74, 6) is -0.201. The third-order valence-electron chi connectivity index (χ3n) is 4.58. The first-order valence-electron chi connectivity index (χ1n) is 8.16. The number of carbonyl (C=O) groups is 1. The number of carbonyl (C=O) groups excluding carboxylic acids is 1. The fourth-order valence-electron chi connectivity index (χ4n) is 3.17. The van der Waals surface area contributed by atoms with Gasteiger partial charge >= 0.3 is 5.97 Å². The molecule has 2 aromatic carbocycles. The average molecular weight is 318 g/mol. The molecule has 0 radical (unpaired) electrons. The van der Waals surface area contributed by atoms with Crippen LogP contribution in [0.3, 0.4) is 0 Å². The fourth-order valence-corrected chi connectivity index (χ4v) is 3.17. The first-order chi connectivity index (χ1) is 11.5. The third-order valence-corrected chi connectivity index (χ3v) is 4.58. The van der Waals surface area contributed by atoms with Crippen molar-refractivity contribution < 1.29 is 9.53 Å². The Hall–Kier alpha value is -2.61. The van der Waals surface area contributed by atoms with Gasteiger partial charge in [0.2, 0.25) is 0 Å². The number of aryl methyl sites for hydroxylation is 2. The highest BCUT2D eigenvalue weighted by atomic mass is 16.5. The molecule has 0 atom stereocenters. The minimum atomic E-state index is -0.201. The molecule has 3 rings (SSSR count). The number of benzene rings is 2. The molecular formula is C22H22O2. The molecule has 0 N–H and O–H groups in total. The first kappa shape index (κ1) is 16.3. The van der Waals surface area contributed by atoms with Crippen LogP contribution < -0.4 is 0 Å². The van der Waals surface area contributed by atoms with Crippen molar-refractivity contribution in [1.29, 1.82) is 0 Å². The molecule has 2 aromatic rings. The predicted octanol–water partition coefficient (Wildman–Crippen LogP) is 5.19. The molecule has 1 aliphatic rings. The van der Waals surface area contributed by atoms with E-state index in [1.807, 2.05) is 0 Å². The molecule has 0 unspecified atom stereocenters. The molecule has 24 heavy (non-hydrogen) atoms. The maximum absolute atomic E-state index is 11.8. The summed E-state index contributed by atoms with van der Waals surface area (Å²) in [7, 11) is 1.44. The Morgan fingerprint density at radius 2 is 1.62 bits per heavy atom. The standard InChI is InChI=1S/C22H22O2/c1-14-5-8-17(9-6-14)12-19-16(3)20(13-22(23)24-4)21-11-15(2)7-10-18(19)21/h5-12H,13H2,1-4H3/b19-12-. The van der Waals surface area contributed by atoms with Crippen molar-refractivity contribution in [3.05, 3.63) is 75.9 Å². The number of methoxy groups -OCH3 is 1. The van der Waals surface area contributed by atoms with E-state index in [-0.39, 0.29) is 5.97 Å². The number of esters is 1. The molecule has 0 aromatic heterocycles. The Morgan fingerprint density at radius 1 is 0.958 bits per heavy atom. The summed E-state index contributed by atoms with van der Waals surface area (Å²) in [4.78, 5) is 11.8. The first-order valence-corrected chi connectivity index (χ1v) is 8.16. The Balaban J connectivity index is 2.12. The number of fused-ring (bicyclic) bond motifs is 1. The Labute approximate surface area is 143 Å². The van der Waals surface area contributed by atoms with Gasteiger partial charge in [0.05, 0.1) is 13.5 Å². The van der Waals surface area contributed by atoms with Gasteiger partial charge in [-0.25, -0.2) is 0 Å². The summed E-state index contributed by atoms with van der Waals surface area (Å²) in [6.45, 7) is 6.25. The highest BCUT2D eigenvalue weighted by Gasteiger charge is 2.25. The van der Waals surface area contributed by atoms with Gasteiger partial charge in [-0.1, -0.05) is 53.6 Å². The normalized spacial score (nSPS) is 14.9. The van der Waals surface area contributed by atoms with Crippen molar-refractivity contribution in [3.63, 3.8) is 0 Å². The predicted molar refractivity (Wildman–Crippen MR) is 99.5 cm³/mol. The third kappa shape index (κ3) is 3.05. The van der Waals surface area contributed by atoms with Crippen LogP contribution in [-0.2, 0) is 9.53 Å². The van der Waals surface area contributed by atoms with Gasteiger partial charge in [-0.15, -0.1) is 0 Å². The number of hydrogen-bond acceptors (Lipinski definition) is 2. The van der Waals surface area contributed by atoms with Crippen molar-refractivity contribution in [2.45, 2.75) is 27.2 Å². The average Bonchev–Trinajstić information content (AvgIpc) is 2.82. The fraction of sp³-hybridized carbons (Fsp3) is 0.227. The lowest BCUT2D eigenvalue weighted by Gasteiger charge is -2.06. The topological polar surface area (TPSA) is 26.3 Å². The lowest BCUT2D eigenvalue weighted by Crippen LogP contribution is -2.01. The van der Waals surface area contributed by atoms with Gasteiger partial charge in [-0.2, -0.15) is 0 Å². The van der Waals surface area contributed by atoms with E-state index in [4.69, 9.17) is 4.74 Å². The second-order valence-corrected chi connectivity index (χ2v) is 6.37. The smallest absolute Gasteiger partial charge is 0.310 e. The van der Waals surface area contributed by atoms with Crippen LogP contribution in [0.5, 0.6) is 0 Å². The lowest BCUT2D eigenvalue weighted by molar-refractivity contribution is -0.139. The van der Waals surface area contributed by atoms with Gasteiger partial charge in [-0.05, 0) is 60.3 Å². The van der Waals surface area contributed by atoms with E-state index in [0.29, 0.717) is 6.42 Å². The summed E-state index contributed by atoms with van der Waals surface area (Å²) in [6, 6.07) is 14.9. The van der Waals surface area contributed by atoms with Crippen LogP contribution in [0.25, 0.3) is 17.2 Å². The zero-order valence-corrected chi connectivity index (χ0v) is 14.6. The Kier molecular flexibility index (Phi) is 4.39. The molecule has 0 heterocycles. The Bertz CT molecular complexity index is 852. The molecule has 0 saturated carbocycles. The van der Waals surface area contributed by atoms with Crippen molar-refractivity contribution in [3.8, 4) is 0 Å². The quantitative estimate of drug-likeness (QED) is 0.728. The van der Waals surface area contributed by atoms with E-state index in [2.05, 4.69) is 69.3 Å². The maximum atomic E-state index is 11.8. The van der Waals surface area contributed by atoms with Gasteiger partial charge < -0.3 is 4.74 Å². The molecule has 0 fully saturated rings. The van der Waals surface area contributed by atoms with Crippen LogP contribution in [0.15, 0.2) is 48.0 Å². The van der Waals surface area contributed by atoms with Crippen molar-refractivity contribution in [1.82, 2.24) is 0 Å². The van der Waals surface area contributed by atoms with Crippen LogP contribution in [0, 0.1) is 13.8 Å². The lowest BCUT2D eigenvalue weighted by atomic mass is 9.99. The monoisotopic (exact) mass is 318 g/mol. The highest BCUT2D eigenvalue weighted by molar-refractivity contribution is 6.07. The van der Waals surface area contributed by atoms with Gasteiger partial charge in [0.25, 0.3) is 0 Å². The van der Waals surface area contributed by atoms with Gasteiger partial charge in [0.15, 0.2) is 0 Å². The number of hydrogen-bond donors (Lipinski definition) is 0. The molecule has 2 nitrogen and oxygen atoms in total. The molecular weight excluding hydrogens is 296 g/mol. The minimum Gasteiger partial charge on any atom is -0.469 e. The minimum absolute atomic E-state index is 0.201. The summed E-state index contributed by atoms with van der Waals surface area (Å²) in [5, 5.41) is 0. The second-order valence-electron chi connectivity index (χ2n) is 6.37. The van der Waals surface area contributed by atoms with Crippen molar-refractivity contribution in [2.24, 2.45) is 0 Å². The molecule has 0 aliphatic heterocycles. The van der Waals surface area contributed by atoms with Crippen LogP contribution in [0.4, 0.5) is 0 Å². The SMILES string of the molecule is COC(=O)CC1=C(C)/C(=C/c2ccc(C)cc2)c2ccc(C)cc21. The molecule has 0 amide bonds. The van der Waals surface area contributed by atoms with Crippen LogP contribution in [-0.4, -0.2) is 13.1 Å². The largest absolute Gasteiger partial charge is 0.469 e. The zero-order chi connectivity index (χ0) is 17.3. The summed E-state index contributed by atoms with van der Waals surface area (Å²) < 4.78 is 4.88. The van der Waals surface area contributed by atoms with Gasteiger partial charge in [-0.3, -0.25) is 4.79 Å². The molecule has 122 valence electrons. The van der Waals surface area contributed by atoms with Crippen LogP contribution in [0.2, 0.25) is 0 Å². The number of rotatable bonds is 3. The van der Waals surface area contributed by atoms with Crippen LogP contribution in [0.1, 0.15) is 41.2 Å². The summed E-state index contributed by atoms with van der Waals surface area (Å²) >= 11 is 0. The Morgan fingerprint density at radius 3 is 2.29 bits per heavy atom. The van der Waals surface area contributed by atoms with E-state index in [1.54, 1.807) is 0 Å². The summed E-state index contributed by atoms with van der Waals surface area (Å²) in [6.07, 6.45) is 2.51. The van der Waals surface area contributed by atoms with E-state index >= 15 is 0 Å². The zero-order valence-electron chi connectivity index (χ0n) is 14.6. The summed E-state index contributed by atoms with van der Waals surface area (Å²) in [5.41, 5.74) is 9.36. The van der Waals surface area contributed by atoms with Crippen molar-refractivity contribution in [2.75, 3.05) is 7.11 Å². The molecule has 2 heteroatoms. The molecule has 0 bridgehead atoms. The molecule has 1 aliphatic carbocycles. The highest BCUT2D eigenvalue weighted by Crippen LogP contribution is 2.44. The van der Waals surface area contributed by atoms with Gasteiger partial charge in [0, 0.05) is 0 Å². The molecule has 0 spiro atoms.